The van der Waals surface area contributed by atoms with Gasteiger partial charge in [-0.15, -0.1) is 0 Å². The second-order valence-corrected chi connectivity index (χ2v) is 5.31. The van der Waals surface area contributed by atoms with Gasteiger partial charge in [-0.2, -0.15) is 5.10 Å². The maximum atomic E-state index is 14.2. The van der Waals surface area contributed by atoms with E-state index in [1.165, 1.54) is 10.8 Å². The number of thiocarbonyl (C=S) groups is 1. The zero-order valence-electron chi connectivity index (χ0n) is 10.9. The average molecular weight is 311 g/mol. The van der Waals surface area contributed by atoms with E-state index in [1.54, 1.807) is 6.07 Å². The fourth-order valence-corrected chi connectivity index (χ4v) is 2.73. The largest absolute Gasteiger partial charge is 0.394 e. The summed E-state index contributed by atoms with van der Waals surface area (Å²) in [6.07, 6.45) is -1.26. The van der Waals surface area contributed by atoms with Crippen LogP contribution in [-0.2, 0) is 4.74 Å². The van der Waals surface area contributed by atoms with Crippen LogP contribution in [0.25, 0.3) is 5.52 Å². The second kappa shape index (κ2) is 5.17. The lowest BCUT2D eigenvalue weighted by molar-refractivity contribution is -0.00198. The van der Waals surface area contributed by atoms with Gasteiger partial charge in [-0.1, -0.05) is 12.2 Å². The Balaban J connectivity index is 2.16. The van der Waals surface area contributed by atoms with Crippen LogP contribution in [-0.4, -0.2) is 43.6 Å². The fourth-order valence-electron chi connectivity index (χ4n) is 2.58. The standard InChI is InChI=1S/C12H14FN5O2S/c13-7-1-5(3-19)20-10(7)8-2-6(12(15)21)9-11(14)16-4-17-18(8)9/h2,4-5,7,10,19H,1,3H2,(H2,15,21)(H2,14,16,17). The van der Waals surface area contributed by atoms with Crippen molar-refractivity contribution in [3.63, 3.8) is 0 Å². The molecule has 1 saturated heterocycles. The summed E-state index contributed by atoms with van der Waals surface area (Å²) in [6, 6.07) is 1.61. The number of hydrogen-bond acceptors (Lipinski definition) is 6. The van der Waals surface area contributed by atoms with Crippen LogP contribution in [0, 0.1) is 0 Å². The molecular formula is C12H14FN5O2S. The molecular weight excluding hydrogens is 297 g/mol. The highest BCUT2D eigenvalue weighted by molar-refractivity contribution is 7.80. The van der Waals surface area contributed by atoms with Crippen LogP contribution in [0.5, 0.6) is 0 Å². The quantitative estimate of drug-likeness (QED) is 0.690. The van der Waals surface area contributed by atoms with Gasteiger partial charge in [0.1, 0.15) is 29.1 Å². The van der Waals surface area contributed by atoms with E-state index in [-0.39, 0.29) is 23.8 Å². The molecule has 3 heterocycles. The van der Waals surface area contributed by atoms with Crippen LogP contribution in [0.15, 0.2) is 12.4 Å². The summed E-state index contributed by atoms with van der Waals surface area (Å²) in [5, 5.41) is 13.2. The molecule has 0 aliphatic carbocycles. The van der Waals surface area contributed by atoms with E-state index in [1.807, 2.05) is 0 Å². The number of hydrogen-bond donors (Lipinski definition) is 3. The highest BCUT2D eigenvalue weighted by atomic mass is 32.1. The SMILES string of the molecule is NC(=S)c1cc(C2OC(CO)CC2F)n2ncnc(N)c12. The molecule has 3 rings (SSSR count). The molecule has 0 spiro atoms. The Labute approximate surface area is 124 Å². The lowest BCUT2D eigenvalue weighted by atomic mass is 10.1. The van der Waals surface area contributed by atoms with Crippen molar-refractivity contribution < 1.29 is 14.2 Å². The number of anilines is 1. The summed E-state index contributed by atoms with van der Waals surface area (Å²) in [5.74, 6) is 0.200. The van der Waals surface area contributed by atoms with Crippen molar-refractivity contribution in [2.45, 2.75) is 24.8 Å². The van der Waals surface area contributed by atoms with Gasteiger partial charge in [0.15, 0.2) is 5.82 Å². The molecule has 2 aromatic rings. The Morgan fingerprint density at radius 2 is 2.38 bits per heavy atom. The highest BCUT2D eigenvalue weighted by Crippen LogP contribution is 2.37. The smallest absolute Gasteiger partial charge is 0.152 e. The summed E-state index contributed by atoms with van der Waals surface area (Å²) in [7, 11) is 0. The molecule has 0 radical (unpaired) electrons. The normalized spacial score (nSPS) is 25.5. The Kier molecular flexibility index (Phi) is 3.47. The third-order valence-corrected chi connectivity index (χ3v) is 3.75. The summed E-state index contributed by atoms with van der Waals surface area (Å²) in [6.45, 7) is -0.237. The molecule has 7 nitrogen and oxygen atoms in total. The van der Waals surface area contributed by atoms with Crippen molar-refractivity contribution in [2.75, 3.05) is 12.3 Å². The lowest BCUT2D eigenvalue weighted by Gasteiger charge is -2.13. The molecule has 1 aliphatic rings. The number of aromatic nitrogens is 3. The molecule has 21 heavy (non-hydrogen) atoms. The van der Waals surface area contributed by atoms with Gasteiger partial charge in [0.2, 0.25) is 0 Å². The number of aliphatic hydroxyl groups is 1. The average Bonchev–Trinajstić information content (AvgIpc) is 3.00. The van der Waals surface area contributed by atoms with E-state index in [0.717, 1.165) is 0 Å². The molecule has 0 saturated carbocycles. The lowest BCUT2D eigenvalue weighted by Crippen LogP contribution is -2.13. The Morgan fingerprint density at radius 3 is 3.00 bits per heavy atom. The number of aliphatic hydroxyl groups excluding tert-OH is 1. The maximum Gasteiger partial charge on any atom is 0.152 e. The van der Waals surface area contributed by atoms with Crippen molar-refractivity contribution in [2.24, 2.45) is 5.73 Å². The van der Waals surface area contributed by atoms with E-state index >= 15 is 0 Å². The predicted molar refractivity (Wildman–Crippen MR) is 77.5 cm³/mol. The van der Waals surface area contributed by atoms with Gasteiger partial charge in [0.05, 0.1) is 18.4 Å². The van der Waals surface area contributed by atoms with Crippen LogP contribution < -0.4 is 11.5 Å². The minimum atomic E-state index is -1.25. The van der Waals surface area contributed by atoms with Crippen LogP contribution >= 0.6 is 12.2 Å². The number of fused-ring (bicyclic) bond motifs is 1. The van der Waals surface area contributed by atoms with Crippen LogP contribution in [0.3, 0.4) is 0 Å². The summed E-state index contributed by atoms with van der Waals surface area (Å²) < 4.78 is 21.1. The molecule has 112 valence electrons. The molecule has 0 bridgehead atoms. The van der Waals surface area contributed by atoms with Crippen molar-refractivity contribution in [3.8, 4) is 0 Å². The van der Waals surface area contributed by atoms with Crippen molar-refractivity contribution in [1.29, 1.82) is 0 Å². The molecule has 0 amide bonds. The molecule has 3 atom stereocenters. The molecule has 0 aromatic carbocycles. The summed E-state index contributed by atoms with van der Waals surface area (Å²) >= 11 is 4.99. The van der Waals surface area contributed by atoms with Gasteiger partial charge in [-0.05, 0) is 6.07 Å². The number of rotatable bonds is 3. The minimum absolute atomic E-state index is 0.118. The molecule has 1 aliphatic heterocycles. The van der Waals surface area contributed by atoms with Crippen LogP contribution in [0.4, 0.5) is 10.2 Å². The van der Waals surface area contributed by atoms with Crippen molar-refractivity contribution in [1.82, 2.24) is 14.6 Å². The van der Waals surface area contributed by atoms with Crippen LogP contribution in [0.2, 0.25) is 0 Å². The predicted octanol–water partition coefficient (Wildman–Crippen LogP) is 0.106. The Hall–Kier alpha value is -1.84. The number of nitrogens with zero attached hydrogens (tertiary/aromatic N) is 3. The van der Waals surface area contributed by atoms with Crippen molar-refractivity contribution >= 4 is 28.5 Å². The van der Waals surface area contributed by atoms with E-state index in [9.17, 15) is 4.39 Å². The third-order valence-electron chi connectivity index (χ3n) is 3.53. The van der Waals surface area contributed by atoms with Gasteiger partial charge >= 0.3 is 0 Å². The van der Waals surface area contributed by atoms with Gasteiger partial charge in [0.25, 0.3) is 0 Å². The number of ether oxygens (including phenoxy) is 1. The molecule has 5 N–H and O–H groups in total. The molecule has 1 fully saturated rings. The van der Waals surface area contributed by atoms with Gasteiger partial charge < -0.3 is 21.3 Å². The molecule has 2 aromatic heterocycles. The van der Waals surface area contributed by atoms with Gasteiger partial charge in [-0.3, -0.25) is 0 Å². The number of nitrogens with two attached hydrogens (primary N) is 2. The number of nitrogen functional groups attached to an aromatic ring is 1. The zero-order valence-corrected chi connectivity index (χ0v) is 11.8. The minimum Gasteiger partial charge on any atom is -0.394 e. The first-order chi connectivity index (χ1) is 10.0. The van der Waals surface area contributed by atoms with E-state index in [4.69, 9.17) is 33.5 Å². The van der Waals surface area contributed by atoms with Crippen molar-refractivity contribution in [3.05, 3.63) is 23.7 Å². The second-order valence-electron chi connectivity index (χ2n) is 4.87. The third kappa shape index (κ3) is 2.23. The number of halogens is 1. The van der Waals surface area contributed by atoms with Crippen LogP contribution in [0.1, 0.15) is 23.8 Å². The molecule has 9 heteroatoms. The number of alkyl halides is 1. The zero-order chi connectivity index (χ0) is 15.1. The first-order valence-electron chi connectivity index (χ1n) is 6.35. The fraction of sp³-hybridized carbons (Fsp3) is 0.417. The van der Waals surface area contributed by atoms with Gasteiger partial charge in [-0.25, -0.2) is 13.9 Å². The first kappa shape index (κ1) is 14.1. The topological polar surface area (TPSA) is 112 Å². The summed E-state index contributed by atoms with van der Waals surface area (Å²) in [4.78, 5) is 4.01. The maximum absolute atomic E-state index is 14.2. The Bertz CT molecular complexity index is 706. The van der Waals surface area contributed by atoms with E-state index in [0.29, 0.717) is 16.8 Å². The molecule has 3 unspecified atom stereocenters. The summed E-state index contributed by atoms with van der Waals surface area (Å²) in [5.41, 5.74) is 12.9. The van der Waals surface area contributed by atoms with E-state index < -0.39 is 18.4 Å². The van der Waals surface area contributed by atoms with E-state index in [2.05, 4.69) is 10.1 Å². The Morgan fingerprint density at radius 1 is 1.62 bits per heavy atom. The first-order valence-corrected chi connectivity index (χ1v) is 6.76. The monoisotopic (exact) mass is 311 g/mol. The van der Waals surface area contributed by atoms with Gasteiger partial charge in [0, 0.05) is 12.0 Å². The highest BCUT2D eigenvalue weighted by Gasteiger charge is 2.38.